The van der Waals surface area contributed by atoms with Crippen LogP contribution >= 0.6 is 0 Å². The van der Waals surface area contributed by atoms with Gasteiger partial charge in [0.05, 0.1) is 0 Å². The molecule has 0 aliphatic rings. The van der Waals surface area contributed by atoms with Crippen molar-refractivity contribution in [2.24, 2.45) is 0 Å². The summed E-state index contributed by atoms with van der Waals surface area (Å²) < 4.78 is 15.1. The molecule has 4 nitrogen and oxygen atoms in total. The second-order valence-electron chi connectivity index (χ2n) is 3.19. The molecule has 0 aliphatic heterocycles. The molecule has 0 amide bonds. The van der Waals surface area contributed by atoms with Crippen LogP contribution in [0.1, 0.15) is 12.6 Å². The first kappa shape index (κ1) is 10.3. The van der Waals surface area contributed by atoms with Gasteiger partial charge in [0.25, 0.3) is 0 Å². The van der Waals surface area contributed by atoms with Crippen molar-refractivity contribution >= 4 is 0 Å². The Bertz CT molecular complexity index is 553. The number of rotatable bonds is 2. The summed E-state index contributed by atoms with van der Waals surface area (Å²) in [5.41, 5.74) is 0.931. The smallest absolute Gasteiger partial charge is 0.190 e. The molecule has 0 spiro atoms. The molecule has 1 aromatic heterocycles. The van der Waals surface area contributed by atoms with E-state index in [1.54, 1.807) is 18.2 Å². The van der Waals surface area contributed by atoms with Gasteiger partial charge in [-0.1, -0.05) is 17.3 Å². The van der Waals surface area contributed by atoms with E-state index >= 15 is 0 Å². The highest BCUT2D eigenvalue weighted by Gasteiger charge is 2.16. The van der Waals surface area contributed by atoms with Crippen LogP contribution in [0.2, 0.25) is 0 Å². The number of aromatic nitrogens is 3. The van der Waals surface area contributed by atoms with Crippen LogP contribution in [0.15, 0.2) is 24.3 Å². The van der Waals surface area contributed by atoms with E-state index in [1.807, 2.05) is 13.0 Å². The largest absolute Gasteiger partial charge is 0.243 e. The Kier molecular flexibility index (Phi) is 2.64. The van der Waals surface area contributed by atoms with E-state index in [0.29, 0.717) is 17.8 Å². The summed E-state index contributed by atoms with van der Waals surface area (Å²) in [5.74, 6) is -0.379. The average Bonchev–Trinajstić information content (AvgIpc) is 2.72. The number of benzene rings is 1. The van der Waals surface area contributed by atoms with Crippen molar-refractivity contribution in [3.63, 3.8) is 0 Å². The first-order valence-corrected chi connectivity index (χ1v) is 4.86. The molecule has 2 rings (SSSR count). The summed E-state index contributed by atoms with van der Waals surface area (Å²) in [7, 11) is 0. The van der Waals surface area contributed by atoms with Gasteiger partial charge in [0.1, 0.15) is 17.6 Å². The second-order valence-corrected chi connectivity index (χ2v) is 3.19. The Balaban J connectivity index is 2.68. The minimum Gasteiger partial charge on any atom is -0.243 e. The molecule has 16 heavy (non-hydrogen) atoms. The summed E-state index contributed by atoms with van der Waals surface area (Å²) in [4.78, 5) is 0. The zero-order valence-electron chi connectivity index (χ0n) is 8.68. The lowest BCUT2D eigenvalue weighted by molar-refractivity contribution is 0.613. The zero-order valence-corrected chi connectivity index (χ0v) is 8.68. The average molecular weight is 216 g/mol. The quantitative estimate of drug-likeness (QED) is 0.771. The maximum absolute atomic E-state index is 13.6. The van der Waals surface area contributed by atoms with Crippen molar-refractivity contribution in [1.82, 2.24) is 15.0 Å². The highest BCUT2D eigenvalue weighted by molar-refractivity contribution is 5.65. The van der Waals surface area contributed by atoms with Crippen LogP contribution in [0.3, 0.4) is 0 Å². The maximum atomic E-state index is 13.6. The SMILES string of the molecule is CCn1nnc(C#N)c1-c1ccccc1F. The van der Waals surface area contributed by atoms with Crippen molar-refractivity contribution in [3.8, 4) is 17.3 Å². The third-order valence-corrected chi connectivity index (χ3v) is 2.27. The fourth-order valence-corrected chi connectivity index (χ4v) is 1.53. The number of hydrogen-bond donors (Lipinski definition) is 0. The van der Waals surface area contributed by atoms with Crippen LogP contribution in [0.4, 0.5) is 4.39 Å². The fourth-order valence-electron chi connectivity index (χ4n) is 1.53. The van der Waals surface area contributed by atoms with Gasteiger partial charge in [0, 0.05) is 12.1 Å². The number of nitrogens with zero attached hydrogens (tertiary/aromatic N) is 4. The number of hydrogen-bond acceptors (Lipinski definition) is 3. The van der Waals surface area contributed by atoms with Gasteiger partial charge in [-0.2, -0.15) is 5.26 Å². The predicted octanol–water partition coefficient (Wildman–Crippen LogP) is 1.98. The first-order chi connectivity index (χ1) is 7.77. The minimum absolute atomic E-state index is 0.145. The molecule has 0 saturated heterocycles. The molecular formula is C11H9FN4. The van der Waals surface area contributed by atoms with Crippen LogP contribution < -0.4 is 0 Å². The van der Waals surface area contributed by atoms with E-state index in [9.17, 15) is 4.39 Å². The number of nitriles is 1. The van der Waals surface area contributed by atoms with E-state index < -0.39 is 0 Å². The Hall–Kier alpha value is -2.22. The van der Waals surface area contributed by atoms with Gasteiger partial charge >= 0.3 is 0 Å². The molecule has 5 heteroatoms. The summed E-state index contributed by atoms with van der Waals surface area (Å²) in [5, 5.41) is 16.4. The molecule has 0 radical (unpaired) electrons. The monoisotopic (exact) mass is 216 g/mol. The van der Waals surface area contributed by atoms with Crippen LogP contribution in [-0.2, 0) is 6.54 Å². The molecular weight excluding hydrogens is 207 g/mol. The molecule has 0 aliphatic carbocycles. The molecule has 0 N–H and O–H groups in total. The van der Waals surface area contributed by atoms with Gasteiger partial charge in [0.2, 0.25) is 0 Å². The molecule has 0 saturated carbocycles. The molecule has 80 valence electrons. The Labute approximate surface area is 91.9 Å². The van der Waals surface area contributed by atoms with E-state index in [2.05, 4.69) is 10.3 Å². The van der Waals surface area contributed by atoms with Crippen molar-refractivity contribution in [1.29, 1.82) is 5.26 Å². The van der Waals surface area contributed by atoms with Crippen molar-refractivity contribution in [2.75, 3.05) is 0 Å². The Morgan fingerprint density at radius 3 is 2.81 bits per heavy atom. The highest BCUT2D eigenvalue weighted by atomic mass is 19.1. The molecule has 2 aromatic rings. The molecule has 1 heterocycles. The molecule has 0 fully saturated rings. The Morgan fingerprint density at radius 1 is 1.44 bits per heavy atom. The van der Waals surface area contributed by atoms with E-state index in [1.165, 1.54) is 10.7 Å². The molecule has 0 unspecified atom stereocenters. The zero-order chi connectivity index (χ0) is 11.5. The Morgan fingerprint density at radius 2 is 2.19 bits per heavy atom. The molecule has 1 aromatic carbocycles. The van der Waals surface area contributed by atoms with Crippen molar-refractivity contribution in [3.05, 3.63) is 35.8 Å². The van der Waals surface area contributed by atoms with E-state index in [-0.39, 0.29) is 11.5 Å². The third-order valence-electron chi connectivity index (χ3n) is 2.27. The number of aryl methyl sites for hydroxylation is 1. The van der Waals surface area contributed by atoms with Crippen LogP contribution in [0, 0.1) is 17.1 Å². The maximum Gasteiger partial charge on any atom is 0.190 e. The third kappa shape index (κ3) is 1.54. The summed E-state index contributed by atoms with van der Waals surface area (Å²) in [6, 6.07) is 8.19. The normalized spacial score (nSPS) is 10.1. The van der Waals surface area contributed by atoms with Crippen molar-refractivity contribution in [2.45, 2.75) is 13.5 Å². The van der Waals surface area contributed by atoms with Crippen LogP contribution in [0.5, 0.6) is 0 Å². The highest BCUT2D eigenvalue weighted by Crippen LogP contribution is 2.24. The lowest BCUT2D eigenvalue weighted by Crippen LogP contribution is -2.00. The second kappa shape index (κ2) is 4.11. The fraction of sp³-hybridized carbons (Fsp3) is 0.182. The first-order valence-electron chi connectivity index (χ1n) is 4.86. The van der Waals surface area contributed by atoms with Crippen LogP contribution in [-0.4, -0.2) is 15.0 Å². The topological polar surface area (TPSA) is 54.5 Å². The lowest BCUT2D eigenvalue weighted by Gasteiger charge is -2.04. The van der Waals surface area contributed by atoms with Gasteiger partial charge in [0.15, 0.2) is 5.69 Å². The van der Waals surface area contributed by atoms with Gasteiger partial charge in [-0.15, -0.1) is 5.10 Å². The van der Waals surface area contributed by atoms with E-state index in [4.69, 9.17) is 5.26 Å². The van der Waals surface area contributed by atoms with Gasteiger partial charge in [-0.3, -0.25) is 0 Å². The summed E-state index contributed by atoms with van der Waals surface area (Å²) >= 11 is 0. The summed E-state index contributed by atoms with van der Waals surface area (Å²) in [6.07, 6.45) is 0. The minimum atomic E-state index is -0.379. The molecule has 0 bridgehead atoms. The summed E-state index contributed by atoms with van der Waals surface area (Å²) in [6.45, 7) is 2.40. The van der Waals surface area contributed by atoms with Gasteiger partial charge < -0.3 is 0 Å². The lowest BCUT2D eigenvalue weighted by atomic mass is 10.1. The molecule has 0 atom stereocenters. The van der Waals surface area contributed by atoms with E-state index in [0.717, 1.165) is 0 Å². The standard InChI is InChI=1S/C11H9FN4/c1-2-16-11(10(7-13)14-15-16)8-5-3-4-6-9(8)12/h3-6H,2H2,1H3. The van der Waals surface area contributed by atoms with Crippen molar-refractivity contribution < 1.29 is 4.39 Å². The van der Waals surface area contributed by atoms with Gasteiger partial charge in [-0.25, -0.2) is 9.07 Å². The van der Waals surface area contributed by atoms with Gasteiger partial charge in [-0.05, 0) is 19.1 Å². The number of halogens is 1. The van der Waals surface area contributed by atoms with Crippen LogP contribution in [0.25, 0.3) is 11.3 Å². The predicted molar refractivity (Wildman–Crippen MR) is 55.8 cm³/mol.